The molecule has 0 aliphatic heterocycles. The number of hydrogen-bond acceptors (Lipinski definition) is 3. The van der Waals surface area contributed by atoms with Gasteiger partial charge < -0.3 is 5.32 Å². The van der Waals surface area contributed by atoms with Crippen molar-refractivity contribution in [3.05, 3.63) is 88.7 Å². The molecule has 3 aromatic rings. The van der Waals surface area contributed by atoms with Crippen LogP contribution in [-0.4, -0.2) is 20.9 Å². The minimum Gasteiger partial charge on any atom is -0.324 e. The summed E-state index contributed by atoms with van der Waals surface area (Å²) in [4.78, 5) is 12.7. The highest BCUT2D eigenvalue weighted by Gasteiger charge is 2.29. The van der Waals surface area contributed by atoms with Crippen LogP contribution in [0.25, 0.3) is 0 Å². The van der Waals surface area contributed by atoms with Gasteiger partial charge in [-0.2, -0.15) is 0 Å². The highest BCUT2D eigenvalue weighted by Crippen LogP contribution is 2.27. The van der Waals surface area contributed by atoms with Gasteiger partial charge in [0.1, 0.15) is 12.4 Å². The fourth-order valence-corrected chi connectivity index (χ4v) is 4.53. The van der Waals surface area contributed by atoms with Crippen molar-refractivity contribution in [1.29, 1.82) is 0 Å². The standard InChI is InChI=1S/C22H20ClFN2O3S/c1-15-7-10-18(11-8-15)30(28,29)26(21-6-4-3-5-19(21)24)14-22(27)25-20-12-9-17(23)13-16(20)2/h3-13H,14H2,1-2H3,(H,25,27). The maximum Gasteiger partial charge on any atom is 0.264 e. The summed E-state index contributed by atoms with van der Waals surface area (Å²) in [6.07, 6.45) is 0. The second-order valence-electron chi connectivity index (χ2n) is 6.78. The number of amides is 1. The summed E-state index contributed by atoms with van der Waals surface area (Å²) in [6.45, 7) is 2.99. The zero-order valence-corrected chi connectivity index (χ0v) is 18.0. The van der Waals surface area contributed by atoms with Crippen molar-refractivity contribution in [3.63, 3.8) is 0 Å². The molecule has 5 nitrogen and oxygen atoms in total. The van der Waals surface area contributed by atoms with E-state index < -0.39 is 28.3 Å². The molecular weight excluding hydrogens is 427 g/mol. The Morgan fingerprint density at radius 2 is 1.70 bits per heavy atom. The number of nitrogens with one attached hydrogen (secondary N) is 1. The first-order valence-corrected chi connectivity index (χ1v) is 10.9. The second kappa shape index (κ2) is 8.85. The van der Waals surface area contributed by atoms with Crippen molar-refractivity contribution in [1.82, 2.24) is 0 Å². The summed E-state index contributed by atoms with van der Waals surface area (Å²) in [6, 6.07) is 16.5. The van der Waals surface area contributed by atoms with Gasteiger partial charge >= 0.3 is 0 Å². The molecule has 1 N–H and O–H groups in total. The summed E-state index contributed by atoms with van der Waals surface area (Å²) >= 11 is 5.93. The van der Waals surface area contributed by atoms with E-state index in [0.29, 0.717) is 10.7 Å². The number of aryl methyl sites for hydroxylation is 2. The van der Waals surface area contributed by atoms with Gasteiger partial charge in [-0.3, -0.25) is 9.10 Å². The Kier molecular flexibility index (Phi) is 6.43. The quantitative estimate of drug-likeness (QED) is 0.583. The van der Waals surface area contributed by atoms with Crippen LogP contribution in [0.1, 0.15) is 11.1 Å². The summed E-state index contributed by atoms with van der Waals surface area (Å²) in [5, 5.41) is 3.18. The van der Waals surface area contributed by atoms with Gasteiger partial charge in [-0.25, -0.2) is 12.8 Å². The van der Waals surface area contributed by atoms with E-state index in [1.54, 1.807) is 37.3 Å². The van der Waals surface area contributed by atoms with Crippen LogP contribution < -0.4 is 9.62 Å². The number of para-hydroxylation sites is 1. The number of sulfonamides is 1. The molecule has 8 heteroatoms. The third-order valence-corrected chi connectivity index (χ3v) is 6.49. The first kappa shape index (κ1) is 21.8. The Bertz CT molecular complexity index is 1180. The molecule has 0 bridgehead atoms. The van der Waals surface area contributed by atoms with Gasteiger partial charge in [-0.1, -0.05) is 41.4 Å². The van der Waals surface area contributed by atoms with Gasteiger partial charge in [-0.05, 0) is 61.9 Å². The van der Waals surface area contributed by atoms with Gasteiger partial charge in [0, 0.05) is 10.7 Å². The number of nitrogens with zero attached hydrogens (tertiary/aromatic N) is 1. The fraction of sp³-hybridized carbons (Fsp3) is 0.136. The molecule has 1 amide bonds. The van der Waals surface area contributed by atoms with Crippen LogP contribution in [-0.2, 0) is 14.8 Å². The molecule has 3 aromatic carbocycles. The van der Waals surface area contributed by atoms with E-state index in [9.17, 15) is 17.6 Å². The Balaban J connectivity index is 1.97. The molecule has 0 saturated carbocycles. The number of benzene rings is 3. The molecule has 0 fully saturated rings. The first-order valence-electron chi connectivity index (χ1n) is 9.08. The van der Waals surface area contributed by atoms with Crippen molar-refractivity contribution in [2.75, 3.05) is 16.2 Å². The molecule has 0 aliphatic rings. The lowest BCUT2D eigenvalue weighted by atomic mass is 10.2. The average Bonchev–Trinajstić information content (AvgIpc) is 2.69. The molecule has 0 atom stereocenters. The predicted octanol–water partition coefficient (Wildman–Crippen LogP) is 4.93. The van der Waals surface area contributed by atoms with E-state index >= 15 is 0 Å². The largest absolute Gasteiger partial charge is 0.324 e. The van der Waals surface area contributed by atoms with Crippen LogP contribution >= 0.6 is 11.6 Å². The SMILES string of the molecule is Cc1ccc(S(=O)(=O)N(CC(=O)Nc2ccc(Cl)cc2C)c2ccccc2F)cc1. The summed E-state index contributed by atoms with van der Waals surface area (Å²) < 4.78 is 41.8. The maximum atomic E-state index is 14.5. The van der Waals surface area contributed by atoms with E-state index in [-0.39, 0.29) is 10.6 Å². The molecule has 0 unspecified atom stereocenters. The van der Waals surface area contributed by atoms with E-state index in [0.717, 1.165) is 21.5 Å². The minimum atomic E-state index is -4.19. The zero-order valence-electron chi connectivity index (χ0n) is 16.4. The molecule has 0 spiro atoms. The average molecular weight is 447 g/mol. The van der Waals surface area contributed by atoms with E-state index in [1.807, 2.05) is 6.92 Å². The Hall–Kier alpha value is -2.90. The molecule has 0 radical (unpaired) electrons. The lowest BCUT2D eigenvalue weighted by Gasteiger charge is -2.24. The third kappa shape index (κ3) is 4.80. The highest BCUT2D eigenvalue weighted by atomic mass is 35.5. The molecule has 0 saturated heterocycles. The topological polar surface area (TPSA) is 66.5 Å². The van der Waals surface area contributed by atoms with Crippen molar-refractivity contribution in [3.8, 4) is 0 Å². The van der Waals surface area contributed by atoms with E-state index in [2.05, 4.69) is 5.32 Å². The van der Waals surface area contributed by atoms with Crippen molar-refractivity contribution < 1.29 is 17.6 Å². The van der Waals surface area contributed by atoms with Crippen LogP contribution in [0, 0.1) is 19.7 Å². The zero-order chi connectivity index (χ0) is 21.9. The molecule has 30 heavy (non-hydrogen) atoms. The molecule has 0 aliphatic carbocycles. The summed E-state index contributed by atoms with van der Waals surface area (Å²) in [7, 11) is -4.19. The highest BCUT2D eigenvalue weighted by molar-refractivity contribution is 7.92. The molecule has 0 aromatic heterocycles. The van der Waals surface area contributed by atoms with Crippen LogP contribution in [0.4, 0.5) is 15.8 Å². The van der Waals surface area contributed by atoms with Crippen molar-refractivity contribution in [2.24, 2.45) is 0 Å². The maximum absolute atomic E-state index is 14.5. The Morgan fingerprint density at radius 3 is 2.33 bits per heavy atom. The van der Waals surface area contributed by atoms with Gasteiger partial charge in [0.15, 0.2) is 0 Å². The second-order valence-corrected chi connectivity index (χ2v) is 9.08. The van der Waals surface area contributed by atoms with Gasteiger partial charge in [0.2, 0.25) is 5.91 Å². The minimum absolute atomic E-state index is 0.0353. The van der Waals surface area contributed by atoms with E-state index in [4.69, 9.17) is 11.6 Å². The van der Waals surface area contributed by atoms with Crippen molar-refractivity contribution in [2.45, 2.75) is 18.7 Å². The molecular formula is C22H20ClFN2O3S. The van der Waals surface area contributed by atoms with Crippen LogP contribution in [0.3, 0.4) is 0 Å². The summed E-state index contributed by atoms with van der Waals surface area (Å²) in [5.74, 6) is -1.36. The van der Waals surface area contributed by atoms with Gasteiger partial charge in [0.05, 0.1) is 10.6 Å². The van der Waals surface area contributed by atoms with Gasteiger partial charge in [-0.15, -0.1) is 0 Å². The Morgan fingerprint density at radius 1 is 1.03 bits per heavy atom. The normalized spacial score (nSPS) is 11.2. The van der Waals surface area contributed by atoms with Gasteiger partial charge in [0.25, 0.3) is 10.0 Å². The smallest absolute Gasteiger partial charge is 0.264 e. The first-order chi connectivity index (χ1) is 14.2. The number of carbonyl (C=O) groups is 1. The molecule has 156 valence electrons. The summed E-state index contributed by atoms with van der Waals surface area (Å²) in [5.41, 5.74) is 1.88. The number of halogens is 2. The lowest BCUT2D eigenvalue weighted by molar-refractivity contribution is -0.114. The predicted molar refractivity (Wildman–Crippen MR) is 117 cm³/mol. The Labute approximate surface area is 180 Å². The third-order valence-electron chi connectivity index (χ3n) is 4.48. The van der Waals surface area contributed by atoms with Crippen LogP contribution in [0.2, 0.25) is 5.02 Å². The lowest BCUT2D eigenvalue weighted by Crippen LogP contribution is -2.38. The number of hydrogen-bond donors (Lipinski definition) is 1. The van der Waals surface area contributed by atoms with Crippen LogP contribution in [0.15, 0.2) is 71.6 Å². The fourth-order valence-electron chi connectivity index (χ4n) is 2.88. The molecule has 0 heterocycles. The van der Waals surface area contributed by atoms with E-state index in [1.165, 1.54) is 30.3 Å². The van der Waals surface area contributed by atoms with Crippen LogP contribution in [0.5, 0.6) is 0 Å². The molecule has 3 rings (SSSR count). The number of rotatable bonds is 6. The number of carbonyl (C=O) groups excluding carboxylic acids is 1. The van der Waals surface area contributed by atoms with Crippen molar-refractivity contribution >= 4 is 38.9 Å². The monoisotopic (exact) mass is 446 g/mol. The number of anilines is 2.